The van der Waals surface area contributed by atoms with E-state index in [-0.39, 0.29) is 55.4 Å². The first-order chi connectivity index (χ1) is 20.4. The summed E-state index contributed by atoms with van der Waals surface area (Å²) in [7, 11) is -0.115. The van der Waals surface area contributed by atoms with Crippen LogP contribution in [0.3, 0.4) is 0 Å². The predicted octanol–water partition coefficient (Wildman–Crippen LogP) is 1.14. The summed E-state index contributed by atoms with van der Waals surface area (Å²) in [6.07, 6.45) is 0.651. The second-order valence-electron chi connectivity index (χ2n) is 10.8. The second kappa shape index (κ2) is 15.2. The van der Waals surface area contributed by atoms with Crippen LogP contribution in [0.2, 0.25) is 0 Å². The van der Waals surface area contributed by atoms with Crippen LogP contribution in [0.15, 0.2) is 4.99 Å². The molecule has 3 heterocycles. The molecule has 5 unspecified atom stereocenters. The van der Waals surface area contributed by atoms with Crippen LogP contribution in [0.5, 0.6) is 5.88 Å². The van der Waals surface area contributed by atoms with Crippen molar-refractivity contribution in [1.82, 2.24) is 19.3 Å². The first-order valence-corrected chi connectivity index (χ1v) is 15.7. The Morgan fingerprint density at radius 1 is 1.05 bits per heavy atom. The minimum atomic E-state index is -4.01. The number of aliphatic hydroxyl groups is 2. The van der Waals surface area contributed by atoms with E-state index in [0.717, 1.165) is 0 Å². The number of aliphatic hydroxyl groups excluding tert-OH is 2. The summed E-state index contributed by atoms with van der Waals surface area (Å²) in [5.74, 6) is -2.04. The fourth-order valence-corrected chi connectivity index (χ4v) is 8.30. The summed E-state index contributed by atoms with van der Waals surface area (Å²) in [5, 5.41) is 22.1. The van der Waals surface area contributed by atoms with Gasteiger partial charge in [-0.15, -0.1) is 0 Å². The first-order valence-electron chi connectivity index (χ1n) is 14.2. The van der Waals surface area contributed by atoms with Gasteiger partial charge in [0.1, 0.15) is 12.1 Å². The van der Waals surface area contributed by atoms with Crippen LogP contribution >= 0.6 is 7.67 Å². The number of nitrogens with zero attached hydrogens (tertiary/aromatic N) is 5. The summed E-state index contributed by atoms with van der Waals surface area (Å²) in [5.41, 5.74) is 11.6. The number of methoxy groups -OCH3 is 3. The van der Waals surface area contributed by atoms with Crippen LogP contribution in [0.1, 0.15) is 46.0 Å². The van der Waals surface area contributed by atoms with Crippen LogP contribution in [-0.4, -0.2) is 113 Å². The molecule has 242 valence electrons. The maximum atomic E-state index is 14.8. The number of carbonyl (C=O) groups is 2. The summed E-state index contributed by atoms with van der Waals surface area (Å²) in [4.78, 5) is 37.2. The van der Waals surface area contributed by atoms with Gasteiger partial charge in [-0.1, -0.05) is 13.8 Å². The van der Waals surface area contributed by atoms with E-state index in [1.165, 1.54) is 36.9 Å². The molecule has 0 radical (unpaired) electrons. The van der Waals surface area contributed by atoms with Crippen LogP contribution in [0, 0.1) is 11.8 Å². The highest BCUT2D eigenvalue weighted by Crippen LogP contribution is 2.60. The van der Waals surface area contributed by atoms with Gasteiger partial charge in [0.15, 0.2) is 11.5 Å². The number of rotatable bonds is 14. The molecule has 17 heteroatoms. The lowest BCUT2D eigenvalue weighted by Crippen LogP contribution is -2.45. The molecule has 0 aliphatic carbocycles. The summed E-state index contributed by atoms with van der Waals surface area (Å²) in [6, 6.07) is -1.64. The van der Waals surface area contributed by atoms with Crippen molar-refractivity contribution in [2.45, 2.75) is 70.2 Å². The van der Waals surface area contributed by atoms with Gasteiger partial charge in [-0.3, -0.25) is 19.1 Å². The number of nitrogens with two attached hydrogens (primary N) is 2. The summed E-state index contributed by atoms with van der Waals surface area (Å²) >= 11 is 0. The van der Waals surface area contributed by atoms with Crippen molar-refractivity contribution < 1.29 is 43.1 Å². The molecule has 2 fully saturated rings. The normalized spacial score (nSPS) is 23.3. The molecule has 5 atom stereocenters. The van der Waals surface area contributed by atoms with Gasteiger partial charge in [-0.05, 0) is 31.6 Å². The third-order valence-corrected chi connectivity index (χ3v) is 10.6. The van der Waals surface area contributed by atoms with Gasteiger partial charge in [-0.2, -0.15) is 9.97 Å². The van der Waals surface area contributed by atoms with E-state index in [2.05, 4.69) is 15.0 Å². The molecule has 0 saturated carbocycles. The SMILES string of the molecule is COC(=O)C1CCCN1P(=O)(OCC(C(C)C)C(O)C(O)CC=Nc1c(N)nc(N)nc1OC)N1CCCC1C(=O)OC. The zero-order valence-electron chi connectivity index (χ0n) is 25.3. The zero-order chi connectivity index (χ0) is 31.9. The van der Waals surface area contributed by atoms with E-state index in [1.54, 1.807) is 0 Å². The maximum absolute atomic E-state index is 14.8. The molecule has 2 aliphatic rings. The average molecular weight is 630 g/mol. The second-order valence-corrected chi connectivity index (χ2v) is 13.1. The van der Waals surface area contributed by atoms with Crippen LogP contribution in [-0.2, 0) is 28.2 Å². The Balaban J connectivity index is 1.82. The summed E-state index contributed by atoms with van der Waals surface area (Å²) < 4.78 is 39.1. The largest absolute Gasteiger partial charge is 0.479 e. The standard InChI is InChI=1S/C26H44N7O9P/c1-15(2)16(21(35)19(34)10-11-29-20-22(27)30-26(28)31-23(20)39-3)14-42-43(38,32-12-6-8-17(32)24(36)40-4)33-13-7-9-18(33)25(37)41-5/h11,15-19,21,34-35H,6-10,12-14H2,1-5H3,(H4,27,28,30,31). The Morgan fingerprint density at radius 3 is 2.09 bits per heavy atom. The fourth-order valence-electron chi connectivity index (χ4n) is 5.43. The molecule has 6 N–H and O–H groups in total. The zero-order valence-corrected chi connectivity index (χ0v) is 26.2. The highest BCUT2D eigenvalue weighted by Gasteiger charge is 2.53. The van der Waals surface area contributed by atoms with E-state index < -0.39 is 49.8 Å². The fraction of sp³-hybridized carbons (Fsp3) is 0.731. The number of esters is 2. The number of aromatic nitrogens is 2. The number of ether oxygens (including phenoxy) is 3. The molecule has 1 aromatic heterocycles. The Bertz CT molecular complexity index is 1170. The van der Waals surface area contributed by atoms with E-state index in [9.17, 15) is 24.4 Å². The highest BCUT2D eigenvalue weighted by atomic mass is 31.2. The third-order valence-electron chi connectivity index (χ3n) is 7.83. The number of hydrogen-bond donors (Lipinski definition) is 4. The molecular weight excluding hydrogens is 585 g/mol. The van der Waals surface area contributed by atoms with Crippen molar-refractivity contribution >= 4 is 43.3 Å². The number of nitrogen functional groups attached to an aromatic ring is 2. The average Bonchev–Trinajstić information content (AvgIpc) is 3.68. The lowest BCUT2D eigenvalue weighted by Gasteiger charge is -2.40. The third kappa shape index (κ3) is 7.80. The molecule has 2 saturated heterocycles. The smallest absolute Gasteiger partial charge is 0.347 e. The highest BCUT2D eigenvalue weighted by molar-refractivity contribution is 7.54. The molecule has 3 rings (SSSR count). The Hall–Kier alpha value is -2.88. The molecule has 2 aliphatic heterocycles. The number of anilines is 2. The van der Waals surface area contributed by atoms with Gasteiger partial charge in [0.2, 0.25) is 11.8 Å². The molecule has 0 aromatic carbocycles. The minimum absolute atomic E-state index is 0.0146. The Labute approximate surface area is 251 Å². The number of hydrogen-bond acceptors (Lipinski definition) is 14. The van der Waals surface area contributed by atoms with Crippen molar-refractivity contribution in [3.05, 3.63) is 0 Å². The van der Waals surface area contributed by atoms with E-state index in [4.69, 9.17) is 30.2 Å². The van der Waals surface area contributed by atoms with E-state index in [1.807, 2.05) is 13.8 Å². The number of aliphatic imine (C=N–C) groups is 1. The van der Waals surface area contributed by atoms with Gasteiger partial charge in [0.05, 0.1) is 40.1 Å². The molecular formula is C26H44N7O9P. The van der Waals surface area contributed by atoms with Crippen LogP contribution in [0.4, 0.5) is 17.5 Å². The molecule has 0 amide bonds. The topological polar surface area (TPSA) is 225 Å². The maximum Gasteiger partial charge on any atom is 0.347 e. The van der Waals surface area contributed by atoms with Gasteiger partial charge < -0.3 is 40.4 Å². The van der Waals surface area contributed by atoms with Crippen molar-refractivity contribution in [3.63, 3.8) is 0 Å². The van der Waals surface area contributed by atoms with Gasteiger partial charge in [0.25, 0.3) is 0 Å². The quantitative estimate of drug-likeness (QED) is 0.129. The van der Waals surface area contributed by atoms with Crippen LogP contribution < -0.4 is 16.2 Å². The Kier molecular flexibility index (Phi) is 12.2. The van der Waals surface area contributed by atoms with Crippen molar-refractivity contribution in [2.75, 3.05) is 52.5 Å². The van der Waals surface area contributed by atoms with E-state index >= 15 is 0 Å². The summed E-state index contributed by atoms with van der Waals surface area (Å²) in [6.45, 7) is 4.01. The van der Waals surface area contributed by atoms with Gasteiger partial charge in [0, 0.05) is 31.6 Å². The lowest BCUT2D eigenvalue weighted by molar-refractivity contribution is -0.145. The lowest BCUT2D eigenvalue weighted by atomic mass is 9.87. The minimum Gasteiger partial charge on any atom is -0.479 e. The van der Waals surface area contributed by atoms with Crippen molar-refractivity contribution in [2.24, 2.45) is 16.8 Å². The van der Waals surface area contributed by atoms with Crippen molar-refractivity contribution in [1.29, 1.82) is 0 Å². The molecule has 16 nitrogen and oxygen atoms in total. The molecule has 1 aromatic rings. The van der Waals surface area contributed by atoms with Gasteiger partial charge >= 0.3 is 19.6 Å². The molecule has 0 spiro atoms. The number of carbonyl (C=O) groups excluding carboxylic acids is 2. The first kappa shape index (κ1) is 34.6. The molecule has 0 bridgehead atoms. The molecule has 43 heavy (non-hydrogen) atoms. The van der Waals surface area contributed by atoms with Gasteiger partial charge in [-0.25, -0.2) is 9.34 Å². The predicted molar refractivity (Wildman–Crippen MR) is 158 cm³/mol. The van der Waals surface area contributed by atoms with Crippen molar-refractivity contribution in [3.8, 4) is 5.88 Å². The van der Waals surface area contributed by atoms with E-state index in [0.29, 0.717) is 25.7 Å². The Morgan fingerprint density at radius 2 is 1.60 bits per heavy atom. The van der Waals surface area contributed by atoms with Crippen LogP contribution in [0.25, 0.3) is 0 Å². The monoisotopic (exact) mass is 629 g/mol.